The van der Waals surface area contributed by atoms with Gasteiger partial charge >= 0.3 is 0 Å². The van der Waals surface area contributed by atoms with Crippen LogP contribution in [-0.4, -0.2) is 4.57 Å². The number of rotatable bonds is 4. The van der Waals surface area contributed by atoms with E-state index in [1.54, 1.807) is 0 Å². The molecule has 142 valence electrons. The van der Waals surface area contributed by atoms with Gasteiger partial charge in [0, 0.05) is 34.0 Å². The van der Waals surface area contributed by atoms with Crippen molar-refractivity contribution in [1.29, 1.82) is 0 Å². The first-order valence-corrected chi connectivity index (χ1v) is 10.6. The molecule has 0 amide bonds. The van der Waals surface area contributed by atoms with E-state index in [-0.39, 0.29) is 5.41 Å². The Morgan fingerprint density at radius 3 is 2.14 bits per heavy atom. The molecule has 1 nitrogen and oxygen atoms in total. The molecule has 0 aliphatic heterocycles. The third kappa shape index (κ3) is 3.79. The lowest BCUT2D eigenvalue weighted by Gasteiger charge is -2.31. The van der Waals surface area contributed by atoms with Crippen molar-refractivity contribution < 1.29 is 0 Å². The van der Waals surface area contributed by atoms with E-state index in [9.17, 15) is 0 Å². The van der Waals surface area contributed by atoms with Crippen LogP contribution in [0, 0.1) is 5.41 Å². The molecular weight excluding hydrogens is 406 g/mol. The van der Waals surface area contributed by atoms with Gasteiger partial charge in [0.15, 0.2) is 0 Å². The Bertz CT molecular complexity index is 1070. The lowest BCUT2D eigenvalue weighted by molar-refractivity contribution is 0.359. The number of benzene rings is 3. The molecule has 0 aliphatic rings. The van der Waals surface area contributed by atoms with Crippen LogP contribution >= 0.6 is 15.9 Å². The van der Waals surface area contributed by atoms with Gasteiger partial charge in [-0.25, -0.2) is 0 Å². The summed E-state index contributed by atoms with van der Waals surface area (Å²) in [6.45, 7) is 7.89. The van der Waals surface area contributed by atoms with Crippen molar-refractivity contribution in [3.05, 3.63) is 106 Å². The van der Waals surface area contributed by atoms with Crippen molar-refractivity contribution >= 4 is 26.8 Å². The number of nitrogens with zero attached hydrogens (tertiary/aromatic N) is 1. The molecule has 1 atom stereocenters. The Labute approximate surface area is 176 Å². The average molecular weight is 432 g/mol. The molecule has 4 rings (SSSR count). The molecule has 0 bridgehead atoms. The van der Waals surface area contributed by atoms with Crippen molar-refractivity contribution in [2.45, 2.75) is 33.2 Å². The highest BCUT2D eigenvalue weighted by Crippen LogP contribution is 2.44. The average Bonchev–Trinajstić information content (AvgIpc) is 2.99. The van der Waals surface area contributed by atoms with E-state index in [0.717, 1.165) is 11.0 Å². The largest absolute Gasteiger partial charge is 0.343 e. The Kier molecular flexibility index (Phi) is 5.16. The first kappa shape index (κ1) is 19.0. The molecule has 0 spiro atoms. The van der Waals surface area contributed by atoms with Crippen LogP contribution in [0.1, 0.15) is 43.4 Å². The summed E-state index contributed by atoms with van der Waals surface area (Å²) in [6.07, 6.45) is 2.37. The quantitative estimate of drug-likeness (QED) is 0.312. The Morgan fingerprint density at radius 1 is 0.857 bits per heavy atom. The number of hydrogen-bond donors (Lipinski definition) is 0. The van der Waals surface area contributed by atoms with Gasteiger partial charge in [0.2, 0.25) is 0 Å². The highest BCUT2D eigenvalue weighted by molar-refractivity contribution is 9.10. The van der Waals surface area contributed by atoms with Crippen molar-refractivity contribution in [3.63, 3.8) is 0 Å². The Balaban J connectivity index is 1.91. The lowest BCUT2D eigenvalue weighted by atomic mass is 9.72. The molecule has 0 radical (unpaired) electrons. The monoisotopic (exact) mass is 431 g/mol. The predicted molar refractivity (Wildman–Crippen MR) is 123 cm³/mol. The maximum absolute atomic E-state index is 3.69. The van der Waals surface area contributed by atoms with Crippen LogP contribution in [0.2, 0.25) is 0 Å². The Morgan fingerprint density at radius 2 is 1.50 bits per heavy atom. The van der Waals surface area contributed by atoms with Crippen molar-refractivity contribution in [2.24, 2.45) is 5.41 Å². The molecule has 0 saturated carbocycles. The van der Waals surface area contributed by atoms with Gasteiger partial charge in [0.1, 0.15) is 0 Å². The molecule has 1 unspecified atom stereocenters. The van der Waals surface area contributed by atoms with Crippen molar-refractivity contribution in [3.8, 4) is 0 Å². The first-order valence-electron chi connectivity index (χ1n) is 9.80. The van der Waals surface area contributed by atoms with Gasteiger partial charge in [0.25, 0.3) is 0 Å². The van der Waals surface area contributed by atoms with Gasteiger partial charge < -0.3 is 4.57 Å². The topological polar surface area (TPSA) is 4.93 Å². The van der Waals surface area contributed by atoms with Crippen molar-refractivity contribution in [2.75, 3.05) is 0 Å². The highest BCUT2D eigenvalue weighted by Gasteiger charge is 2.30. The SMILES string of the molecule is CC(C)(C)C(c1ccccc1)c1cn(Cc2ccccc2)c2ccc(Br)cc12. The normalized spacial score (nSPS) is 13.0. The van der Waals surface area contributed by atoms with E-state index >= 15 is 0 Å². The van der Waals surface area contributed by atoms with Gasteiger partial charge in [-0.2, -0.15) is 0 Å². The van der Waals surface area contributed by atoms with E-state index < -0.39 is 0 Å². The fraction of sp³-hybridized carbons (Fsp3) is 0.231. The number of fused-ring (bicyclic) bond motifs is 1. The second kappa shape index (κ2) is 7.60. The lowest BCUT2D eigenvalue weighted by Crippen LogP contribution is -2.19. The van der Waals surface area contributed by atoms with Crippen LogP contribution in [0.3, 0.4) is 0 Å². The molecule has 0 fully saturated rings. The minimum absolute atomic E-state index is 0.107. The molecular formula is C26H26BrN. The van der Waals surface area contributed by atoms with Gasteiger partial charge in [-0.05, 0) is 40.3 Å². The molecule has 2 heteroatoms. The molecule has 3 aromatic carbocycles. The zero-order chi connectivity index (χ0) is 19.7. The summed E-state index contributed by atoms with van der Waals surface area (Å²) in [5.74, 6) is 0.322. The van der Waals surface area contributed by atoms with Crippen LogP contribution in [0.25, 0.3) is 10.9 Å². The zero-order valence-electron chi connectivity index (χ0n) is 16.7. The fourth-order valence-electron chi connectivity index (χ4n) is 4.23. The Hall–Kier alpha value is -2.32. The minimum Gasteiger partial charge on any atom is -0.343 e. The van der Waals surface area contributed by atoms with E-state index in [1.807, 2.05) is 0 Å². The molecule has 0 N–H and O–H groups in total. The van der Waals surface area contributed by atoms with Crippen LogP contribution in [0.4, 0.5) is 0 Å². The maximum atomic E-state index is 3.69. The molecule has 28 heavy (non-hydrogen) atoms. The standard InChI is InChI=1S/C26H26BrN/c1-26(2,3)25(20-12-8-5-9-13-20)23-18-28(17-19-10-6-4-7-11-19)24-15-14-21(27)16-22(23)24/h4-16,18,25H,17H2,1-3H3. The van der Waals surface area contributed by atoms with Crippen LogP contribution in [0.15, 0.2) is 89.5 Å². The third-order valence-corrected chi connectivity index (χ3v) is 5.87. The minimum atomic E-state index is 0.107. The second-order valence-corrected chi connectivity index (χ2v) is 9.48. The van der Waals surface area contributed by atoms with Gasteiger partial charge in [-0.1, -0.05) is 97.4 Å². The second-order valence-electron chi connectivity index (χ2n) is 8.57. The van der Waals surface area contributed by atoms with Crippen LogP contribution < -0.4 is 0 Å². The predicted octanol–water partition coefficient (Wildman–Crippen LogP) is 7.63. The van der Waals surface area contributed by atoms with Gasteiger partial charge in [-0.15, -0.1) is 0 Å². The van der Waals surface area contributed by atoms with E-state index in [0.29, 0.717) is 5.92 Å². The van der Waals surface area contributed by atoms with Crippen LogP contribution in [0.5, 0.6) is 0 Å². The number of aromatic nitrogens is 1. The van der Waals surface area contributed by atoms with Crippen molar-refractivity contribution in [1.82, 2.24) is 4.57 Å². The molecule has 4 aromatic rings. The number of halogens is 1. The fourth-order valence-corrected chi connectivity index (χ4v) is 4.59. The van der Waals surface area contributed by atoms with E-state index in [4.69, 9.17) is 0 Å². The zero-order valence-corrected chi connectivity index (χ0v) is 18.3. The summed E-state index contributed by atoms with van der Waals surface area (Å²) in [4.78, 5) is 0. The van der Waals surface area contributed by atoms with Crippen LogP contribution in [-0.2, 0) is 6.54 Å². The van der Waals surface area contributed by atoms with Gasteiger partial charge in [-0.3, -0.25) is 0 Å². The summed E-state index contributed by atoms with van der Waals surface area (Å²) >= 11 is 3.69. The summed E-state index contributed by atoms with van der Waals surface area (Å²) in [7, 11) is 0. The highest BCUT2D eigenvalue weighted by atomic mass is 79.9. The summed E-state index contributed by atoms with van der Waals surface area (Å²) in [6, 6.07) is 28.2. The summed E-state index contributed by atoms with van der Waals surface area (Å²) in [5, 5.41) is 1.33. The smallest absolute Gasteiger partial charge is 0.0487 e. The molecule has 0 saturated heterocycles. The van der Waals surface area contributed by atoms with E-state index in [1.165, 1.54) is 27.6 Å². The molecule has 1 heterocycles. The summed E-state index contributed by atoms with van der Waals surface area (Å²) in [5.41, 5.74) is 5.48. The maximum Gasteiger partial charge on any atom is 0.0487 e. The van der Waals surface area contributed by atoms with Gasteiger partial charge in [0.05, 0.1) is 0 Å². The third-order valence-electron chi connectivity index (χ3n) is 5.38. The van der Waals surface area contributed by atoms with E-state index in [2.05, 4.69) is 126 Å². The number of hydrogen-bond acceptors (Lipinski definition) is 0. The molecule has 1 aromatic heterocycles. The summed E-state index contributed by atoms with van der Waals surface area (Å²) < 4.78 is 3.52. The first-order chi connectivity index (χ1) is 13.4. The molecule has 0 aliphatic carbocycles.